The molecule has 0 fully saturated rings. The molecule has 0 amide bonds. The number of aromatic nitrogens is 1. The molecular weight excluding hydrogens is 432 g/mol. The molecule has 182 valence electrons. The lowest BCUT2D eigenvalue weighted by atomic mass is 10.0. The number of unbranched alkanes of at least 4 members (excludes halogenated alkanes) is 1. The number of aliphatic carboxylic acids is 2. The lowest BCUT2D eigenvalue weighted by molar-refractivity contribution is -0.159. The zero-order chi connectivity index (χ0) is 25.1. The summed E-state index contributed by atoms with van der Waals surface area (Å²) in [4.78, 5) is 33.9. The number of carboxylic acids is 2. The first-order chi connectivity index (χ1) is 16.3. The predicted octanol–water partition coefficient (Wildman–Crippen LogP) is 4.55. The number of aryl methyl sites for hydroxylation is 2. The number of carbonyl (C=O) groups is 3. The molecule has 0 spiro atoms. The maximum Gasteiger partial charge on any atom is 0.414 e. The predicted molar refractivity (Wildman–Crippen MR) is 133 cm³/mol. The van der Waals surface area contributed by atoms with Gasteiger partial charge < -0.3 is 19.5 Å². The zero-order valence-electron chi connectivity index (χ0n) is 20.2. The fourth-order valence-corrected chi connectivity index (χ4v) is 3.87. The van der Waals surface area contributed by atoms with Crippen molar-refractivity contribution in [2.75, 3.05) is 19.6 Å². The molecule has 0 saturated heterocycles. The average Bonchev–Trinajstić information content (AvgIpc) is 3.23. The second kappa shape index (κ2) is 13.3. The quantitative estimate of drug-likeness (QED) is 0.258. The Labute approximate surface area is 200 Å². The molecule has 2 aromatic heterocycles. The fraction of sp³-hybridized carbons (Fsp3) is 0.370. The molecule has 0 radical (unpaired) electrons. The van der Waals surface area contributed by atoms with E-state index in [9.17, 15) is 4.79 Å². The van der Waals surface area contributed by atoms with Crippen molar-refractivity contribution in [3.05, 3.63) is 77.1 Å². The highest BCUT2D eigenvalue weighted by molar-refractivity contribution is 6.27. The molecule has 0 unspecified atom stereocenters. The lowest BCUT2D eigenvalue weighted by Crippen LogP contribution is -2.23. The summed E-state index contributed by atoms with van der Waals surface area (Å²) in [6.07, 6.45) is 6.31. The van der Waals surface area contributed by atoms with Gasteiger partial charge in [-0.15, -0.1) is 0 Å². The van der Waals surface area contributed by atoms with Crippen molar-refractivity contribution in [2.24, 2.45) is 0 Å². The Hall–Kier alpha value is -3.45. The van der Waals surface area contributed by atoms with E-state index >= 15 is 0 Å². The Bertz CT molecular complexity index is 1090. The Morgan fingerprint density at radius 3 is 2.09 bits per heavy atom. The summed E-state index contributed by atoms with van der Waals surface area (Å²) in [7, 11) is 0. The van der Waals surface area contributed by atoms with Crippen LogP contribution in [0.1, 0.15) is 60.8 Å². The van der Waals surface area contributed by atoms with Crippen LogP contribution in [0.25, 0.3) is 5.52 Å². The van der Waals surface area contributed by atoms with Gasteiger partial charge in [0, 0.05) is 17.3 Å². The van der Waals surface area contributed by atoms with E-state index in [1.165, 1.54) is 24.9 Å². The molecule has 1 aromatic carbocycles. The summed E-state index contributed by atoms with van der Waals surface area (Å²) >= 11 is 0. The molecule has 0 aliphatic heterocycles. The Balaban J connectivity index is 0.000000604. The summed E-state index contributed by atoms with van der Waals surface area (Å²) in [6.45, 7) is 9.97. The first-order valence-electron chi connectivity index (χ1n) is 11.7. The van der Waals surface area contributed by atoms with Crippen LogP contribution in [0, 0.1) is 0 Å². The minimum absolute atomic E-state index is 0.108. The van der Waals surface area contributed by atoms with Crippen molar-refractivity contribution in [2.45, 2.75) is 46.5 Å². The van der Waals surface area contributed by atoms with Crippen molar-refractivity contribution in [1.29, 1.82) is 0 Å². The third kappa shape index (κ3) is 7.28. The van der Waals surface area contributed by atoms with Gasteiger partial charge in [0.05, 0.1) is 5.69 Å². The number of hydrogen-bond acceptors (Lipinski definition) is 4. The average molecular weight is 467 g/mol. The van der Waals surface area contributed by atoms with Crippen molar-refractivity contribution < 1.29 is 24.6 Å². The van der Waals surface area contributed by atoms with Crippen LogP contribution in [0.5, 0.6) is 0 Å². The number of pyridine rings is 1. The number of fused-ring (bicyclic) bond motifs is 1. The van der Waals surface area contributed by atoms with Gasteiger partial charge in [-0.2, -0.15) is 0 Å². The van der Waals surface area contributed by atoms with Crippen molar-refractivity contribution in [3.63, 3.8) is 0 Å². The molecule has 2 heterocycles. The van der Waals surface area contributed by atoms with E-state index in [-0.39, 0.29) is 5.78 Å². The van der Waals surface area contributed by atoms with Crippen LogP contribution in [0.15, 0.2) is 54.7 Å². The molecule has 3 rings (SSSR count). The summed E-state index contributed by atoms with van der Waals surface area (Å²) in [6, 6.07) is 16.4. The number of ketones is 1. The van der Waals surface area contributed by atoms with E-state index in [4.69, 9.17) is 19.8 Å². The van der Waals surface area contributed by atoms with E-state index in [1.54, 1.807) is 0 Å². The Morgan fingerprint density at radius 1 is 0.882 bits per heavy atom. The minimum Gasteiger partial charge on any atom is -0.473 e. The van der Waals surface area contributed by atoms with Gasteiger partial charge in [0.2, 0.25) is 5.78 Å². The zero-order valence-corrected chi connectivity index (χ0v) is 20.2. The van der Waals surface area contributed by atoms with Gasteiger partial charge in [-0.25, -0.2) is 9.59 Å². The maximum atomic E-state index is 13.2. The highest BCUT2D eigenvalue weighted by Crippen LogP contribution is 2.21. The molecule has 2 N–H and O–H groups in total. The highest BCUT2D eigenvalue weighted by atomic mass is 16.4. The van der Waals surface area contributed by atoms with E-state index in [0.717, 1.165) is 48.3 Å². The van der Waals surface area contributed by atoms with Crippen LogP contribution in [-0.4, -0.2) is 56.9 Å². The summed E-state index contributed by atoms with van der Waals surface area (Å²) < 4.78 is 2.02. The van der Waals surface area contributed by atoms with Gasteiger partial charge in [-0.1, -0.05) is 51.1 Å². The molecule has 3 aromatic rings. The van der Waals surface area contributed by atoms with E-state index in [0.29, 0.717) is 0 Å². The molecule has 0 saturated carbocycles. The molecule has 0 bridgehead atoms. The number of carboxylic acid groups (broad SMARTS) is 2. The van der Waals surface area contributed by atoms with Crippen LogP contribution in [0.3, 0.4) is 0 Å². The van der Waals surface area contributed by atoms with E-state index < -0.39 is 11.9 Å². The fourth-order valence-electron chi connectivity index (χ4n) is 3.87. The van der Waals surface area contributed by atoms with Crippen LogP contribution in [0.2, 0.25) is 0 Å². The minimum atomic E-state index is -1.82. The van der Waals surface area contributed by atoms with Gasteiger partial charge in [0.15, 0.2) is 0 Å². The van der Waals surface area contributed by atoms with E-state index in [1.807, 2.05) is 34.9 Å². The third-order valence-corrected chi connectivity index (χ3v) is 5.84. The third-order valence-electron chi connectivity index (χ3n) is 5.84. The highest BCUT2D eigenvalue weighted by Gasteiger charge is 2.18. The Kier molecular flexibility index (Phi) is 10.5. The van der Waals surface area contributed by atoms with Crippen molar-refractivity contribution in [1.82, 2.24) is 9.30 Å². The normalized spacial score (nSPS) is 10.7. The van der Waals surface area contributed by atoms with Crippen LogP contribution in [0.4, 0.5) is 0 Å². The van der Waals surface area contributed by atoms with Gasteiger partial charge in [-0.05, 0) is 74.6 Å². The van der Waals surface area contributed by atoms with Crippen LogP contribution < -0.4 is 0 Å². The largest absolute Gasteiger partial charge is 0.473 e. The molecule has 7 nitrogen and oxygen atoms in total. The first kappa shape index (κ1) is 26.8. The molecule has 34 heavy (non-hydrogen) atoms. The standard InChI is InChI=1S/C25H32N2O.C2H2O4/c1-4-21-19-23-12-8-10-18-27(23)24(21)25(28)22-15-13-20(14-16-22)11-7-9-17-26(5-2)6-3;3-1(4)2(5)6/h8,10,12-16,18-19H,4-7,9,11,17H2,1-3H3;(H,3,4)(H,5,6). The smallest absolute Gasteiger partial charge is 0.414 e. The first-order valence-corrected chi connectivity index (χ1v) is 11.7. The second-order valence-electron chi connectivity index (χ2n) is 7.99. The molecule has 0 atom stereocenters. The van der Waals surface area contributed by atoms with E-state index in [2.05, 4.69) is 49.9 Å². The molecular formula is C27H34N2O5. The summed E-state index contributed by atoms with van der Waals surface area (Å²) in [5.41, 5.74) is 5.06. The van der Waals surface area contributed by atoms with Crippen molar-refractivity contribution in [3.8, 4) is 0 Å². The molecule has 7 heteroatoms. The monoisotopic (exact) mass is 466 g/mol. The number of rotatable bonds is 10. The molecule has 0 aliphatic rings. The van der Waals surface area contributed by atoms with Gasteiger partial charge in [-0.3, -0.25) is 4.79 Å². The number of carbonyl (C=O) groups excluding carboxylic acids is 1. The van der Waals surface area contributed by atoms with Gasteiger partial charge in [0.25, 0.3) is 0 Å². The number of benzene rings is 1. The topological polar surface area (TPSA) is 99.3 Å². The number of nitrogens with zero attached hydrogens (tertiary/aromatic N) is 2. The van der Waals surface area contributed by atoms with Crippen molar-refractivity contribution >= 4 is 23.2 Å². The maximum absolute atomic E-state index is 13.2. The van der Waals surface area contributed by atoms with Crippen LogP contribution in [-0.2, 0) is 22.4 Å². The number of hydrogen-bond donors (Lipinski definition) is 2. The second-order valence-corrected chi connectivity index (χ2v) is 7.99. The lowest BCUT2D eigenvalue weighted by Gasteiger charge is -2.17. The molecule has 0 aliphatic carbocycles. The van der Waals surface area contributed by atoms with Gasteiger partial charge in [0.1, 0.15) is 0 Å². The summed E-state index contributed by atoms with van der Waals surface area (Å²) in [5, 5.41) is 14.8. The van der Waals surface area contributed by atoms with Crippen LogP contribution >= 0.6 is 0 Å². The SMILES string of the molecule is CCc1cc2ccccn2c1C(=O)c1ccc(CCCCN(CC)CC)cc1.O=C(O)C(=O)O. The summed E-state index contributed by atoms with van der Waals surface area (Å²) in [5.74, 6) is -3.54. The Morgan fingerprint density at radius 2 is 1.53 bits per heavy atom. The van der Waals surface area contributed by atoms with Gasteiger partial charge >= 0.3 is 11.9 Å².